The first-order valence-corrected chi connectivity index (χ1v) is 6.62. The molecule has 2 aromatic rings. The van der Waals surface area contributed by atoms with Crippen LogP contribution in [-0.4, -0.2) is 35.5 Å². The molecule has 1 amide bonds. The number of aromatic carboxylic acids is 1. The molecule has 1 aromatic carbocycles. The van der Waals surface area contributed by atoms with Gasteiger partial charge in [0.1, 0.15) is 0 Å². The molecule has 0 saturated heterocycles. The number of rotatable bonds is 5. The van der Waals surface area contributed by atoms with Crippen LogP contribution < -0.4 is 0 Å². The summed E-state index contributed by atoms with van der Waals surface area (Å²) < 4.78 is 5.02. The number of carboxylic acids is 1. The van der Waals surface area contributed by atoms with Gasteiger partial charge in [0.25, 0.3) is 5.91 Å². The number of likely N-dealkylation sites (N-methyl/N-ethyl adjacent to an activating group) is 1. The molecule has 5 nitrogen and oxygen atoms in total. The van der Waals surface area contributed by atoms with E-state index in [1.54, 1.807) is 7.05 Å². The van der Waals surface area contributed by atoms with Gasteiger partial charge in [0.05, 0.1) is 0 Å². The molecular weight excluding hydrogens is 270 g/mol. The van der Waals surface area contributed by atoms with Crippen molar-refractivity contribution in [1.82, 2.24) is 4.90 Å². The topological polar surface area (TPSA) is 70.8 Å². The zero-order valence-corrected chi connectivity index (χ0v) is 11.9. The Morgan fingerprint density at radius 1 is 1.14 bits per heavy atom. The van der Waals surface area contributed by atoms with E-state index in [9.17, 15) is 9.59 Å². The Kier molecular flexibility index (Phi) is 4.42. The van der Waals surface area contributed by atoms with Crippen LogP contribution in [0, 0.1) is 0 Å². The van der Waals surface area contributed by atoms with E-state index in [0.717, 1.165) is 5.56 Å². The van der Waals surface area contributed by atoms with Crippen molar-refractivity contribution in [2.75, 3.05) is 13.6 Å². The van der Waals surface area contributed by atoms with Crippen LogP contribution in [-0.2, 0) is 0 Å². The normalized spacial score (nSPS) is 11.9. The summed E-state index contributed by atoms with van der Waals surface area (Å²) in [6.07, 6.45) is 0. The minimum Gasteiger partial charge on any atom is -0.475 e. The predicted octanol–water partition coefficient (Wildman–Crippen LogP) is 2.85. The fourth-order valence-electron chi connectivity index (χ4n) is 2.14. The molecule has 0 spiro atoms. The van der Waals surface area contributed by atoms with Crippen molar-refractivity contribution in [1.29, 1.82) is 0 Å². The lowest BCUT2D eigenvalue weighted by molar-refractivity contribution is 0.0653. The summed E-state index contributed by atoms with van der Waals surface area (Å²) in [6.45, 7) is 2.55. The third-order valence-corrected chi connectivity index (χ3v) is 3.29. The van der Waals surface area contributed by atoms with Crippen molar-refractivity contribution in [3.8, 4) is 0 Å². The highest BCUT2D eigenvalue weighted by Gasteiger charge is 2.20. The highest BCUT2D eigenvalue weighted by Crippen LogP contribution is 2.17. The molecule has 0 aliphatic carbocycles. The molecule has 5 heteroatoms. The predicted molar refractivity (Wildman–Crippen MR) is 77.5 cm³/mol. The monoisotopic (exact) mass is 287 g/mol. The number of benzene rings is 1. The molecule has 0 bridgehead atoms. The second kappa shape index (κ2) is 6.26. The van der Waals surface area contributed by atoms with Crippen LogP contribution >= 0.6 is 0 Å². The van der Waals surface area contributed by atoms with Gasteiger partial charge >= 0.3 is 5.97 Å². The highest BCUT2D eigenvalue weighted by molar-refractivity contribution is 5.93. The van der Waals surface area contributed by atoms with Crippen LogP contribution in [0.5, 0.6) is 0 Å². The molecule has 1 heterocycles. The van der Waals surface area contributed by atoms with Crippen molar-refractivity contribution in [2.24, 2.45) is 0 Å². The molecule has 21 heavy (non-hydrogen) atoms. The fourth-order valence-corrected chi connectivity index (χ4v) is 2.14. The molecular formula is C16H17NO4. The molecule has 110 valence electrons. The number of nitrogens with zero attached hydrogens (tertiary/aromatic N) is 1. The summed E-state index contributed by atoms with van der Waals surface area (Å²) in [5.74, 6) is -1.54. The largest absolute Gasteiger partial charge is 0.475 e. The van der Waals surface area contributed by atoms with Gasteiger partial charge in [0, 0.05) is 13.6 Å². The fraction of sp³-hybridized carbons (Fsp3) is 0.250. The van der Waals surface area contributed by atoms with Gasteiger partial charge in [-0.2, -0.15) is 0 Å². The van der Waals surface area contributed by atoms with Gasteiger partial charge in [-0.15, -0.1) is 0 Å². The summed E-state index contributed by atoms with van der Waals surface area (Å²) in [4.78, 5) is 24.5. The lowest BCUT2D eigenvalue weighted by Crippen LogP contribution is -2.30. The van der Waals surface area contributed by atoms with Gasteiger partial charge in [0.15, 0.2) is 5.76 Å². The first-order valence-electron chi connectivity index (χ1n) is 6.62. The lowest BCUT2D eigenvalue weighted by Gasteiger charge is -2.21. The maximum atomic E-state index is 12.2. The van der Waals surface area contributed by atoms with E-state index >= 15 is 0 Å². The first kappa shape index (κ1) is 14.8. The Morgan fingerprint density at radius 3 is 2.33 bits per heavy atom. The van der Waals surface area contributed by atoms with Crippen molar-refractivity contribution in [3.05, 3.63) is 59.5 Å². The minimum atomic E-state index is -1.19. The van der Waals surface area contributed by atoms with Crippen molar-refractivity contribution in [2.45, 2.75) is 12.8 Å². The van der Waals surface area contributed by atoms with Crippen LogP contribution in [0.1, 0.15) is 39.5 Å². The van der Waals surface area contributed by atoms with Crippen LogP contribution in [0.15, 0.2) is 46.9 Å². The van der Waals surface area contributed by atoms with Crippen LogP contribution in [0.3, 0.4) is 0 Å². The van der Waals surface area contributed by atoms with Gasteiger partial charge < -0.3 is 14.4 Å². The second-order valence-corrected chi connectivity index (χ2v) is 4.97. The zero-order chi connectivity index (χ0) is 15.4. The van der Waals surface area contributed by atoms with Crippen LogP contribution in [0.25, 0.3) is 0 Å². The summed E-state index contributed by atoms with van der Waals surface area (Å²) in [5, 5.41) is 8.79. The molecule has 0 aliphatic rings. The van der Waals surface area contributed by atoms with E-state index < -0.39 is 5.97 Å². The minimum absolute atomic E-state index is 0.0372. The molecule has 1 aromatic heterocycles. The van der Waals surface area contributed by atoms with Gasteiger partial charge in [-0.3, -0.25) is 4.79 Å². The molecule has 1 atom stereocenters. The Hall–Kier alpha value is -2.56. The van der Waals surface area contributed by atoms with Crippen molar-refractivity contribution < 1.29 is 19.1 Å². The van der Waals surface area contributed by atoms with Crippen LogP contribution in [0.2, 0.25) is 0 Å². The second-order valence-electron chi connectivity index (χ2n) is 4.97. The van der Waals surface area contributed by atoms with Gasteiger partial charge in [-0.1, -0.05) is 37.3 Å². The van der Waals surface area contributed by atoms with E-state index in [0.29, 0.717) is 6.54 Å². The number of carbonyl (C=O) groups excluding carboxylic acids is 1. The first-order chi connectivity index (χ1) is 9.99. The average Bonchev–Trinajstić information content (AvgIpc) is 2.97. The third kappa shape index (κ3) is 3.51. The van der Waals surface area contributed by atoms with E-state index in [4.69, 9.17) is 9.52 Å². The maximum absolute atomic E-state index is 12.2. The number of hydrogen-bond acceptors (Lipinski definition) is 3. The quantitative estimate of drug-likeness (QED) is 0.918. The summed E-state index contributed by atoms with van der Waals surface area (Å²) >= 11 is 0. The number of furan rings is 1. The molecule has 0 radical (unpaired) electrons. The lowest BCUT2D eigenvalue weighted by atomic mass is 10.0. The number of carbonyl (C=O) groups is 2. The molecule has 2 rings (SSSR count). The average molecular weight is 287 g/mol. The summed E-state index contributed by atoms with van der Waals surface area (Å²) in [7, 11) is 1.67. The van der Waals surface area contributed by atoms with Crippen molar-refractivity contribution in [3.63, 3.8) is 0 Å². The van der Waals surface area contributed by atoms with E-state index in [1.807, 2.05) is 37.3 Å². The summed E-state index contributed by atoms with van der Waals surface area (Å²) in [6, 6.07) is 12.6. The Morgan fingerprint density at radius 2 is 1.76 bits per heavy atom. The highest BCUT2D eigenvalue weighted by atomic mass is 16.4. The molecule has 0 aliphatic heterocycles. The number of hydrogen-bond donors (Lipinski definition) is 1. The molecule has 0 fully saturated rings. The maximum Gasteiger partial charge on any atom is 0.371 e. The standard InChI is InChI=1S/C16H17NO4/c1-11(12-6-4-3-5-7-12)10-17(2)15(18)13-8-9-14(21-13)16(19)20/h3-9,11H,10H2,1-2H3,(H,19,20)/t11-/m1/s1. The number of carboxylic acid groups (broad SMARTS) is 1. The van der Waals surface area contributed by atoms with E-state index in [2.05, 4.69) is 0 Å². The Bertz CT molecular complexity index is 633. The smallest absolute Gasteiger partial charge is 0.371 e. The number of amides is 1. The zero-order valence-electron chi connectivity index (χ0n) is 11.9. The summed E-state index contributed by atoms with van der Waals surface area (Å²) in [5.41, 5.74) is 1.14. The molecule has 1 N–H and O–H groups in total. The van der Waals surface area contributed by atoms with Gasteiger partial charge in [-0.05, 0) is 23.6 Å². The van der Waals surface area contributed by atoms with E-state index in [-0.39, 0.29) is 23.3 Å². The third-order valence-electron chi connectivity index (χ3n) is 3.29. The van der Waals surface area contributed by atoms with Gasteiger partial charge in [-0.25, -0.2) is 4.79 Å². The SMILES string of the molecule is C[C@H](CN(C)C(=O)c1ccc(C(=O)O)o1)c1ccccc1. The Balaban J connectivity index is 2.03. The van der Waals surface area contributed by atoms with E-state index in [1.165, 1.54) is 17.0 Å². The van der Waals surface area contributed by atoms with Gasteiger partial charge in [0.2, 0.25) is 5.76 Å². The van der Waals surface area contributed by atoms with Crippen molar-refractivity contribution >= 4 is 11.9 Å². The van der Waals surface area contributed by atoms with Crippen LogP contribution in [0.4, 0.5) is 0 Å². The molecule has 0 saturated carbocycles. The molecule has 0 unspecified atom stereocenters. The Labute approximate surface area is 122 Å².